The zero-order valence-electron chi connectivity index (χ0n) is 12.1. The molecule has 0 saturated heterocycles. The fourth-order valence-electron chi connectivity index (χ4n) is 2.43. The molecule has 1 aromatic carbocycles. The maximum absolute atomic E-state index is 12.3. The van der Waals surface area contributed by atoms with Crippen molar-refractivity contribution in [2.45, 2.75) is 38.2 Å². The number of ether oxygens (including phenoxy) is 1. The number of benzene rings is 1. The fourth-order valence-corrected chi connectivity index (χ4v) is 2.43. The molecule has 9 heteroatoms. The van der Waals surface area contributed by atoms with Crippen molar-refractivity contribution in [1.82, 2.24) is 0 Å². The van der Waals surface area contributed by atoms with Gasteiger partial charge in [-0.15, -0.1) is 13.2 Å². The SMILES string of the molecule is CC[C@H](N)C(=O)N1c2cc(OC(F)(F)F)ccc2C[C@@H]1C(=O)O. The Labute approximate surface area is 129 Å². The molecule has 0 spiro atoms. The minimum Gasteiger partial charge on any atom is -0.480 e. The lowest BCUT2D eigenvalue weighted by molar-refractivity contribution is -0.274. The van der Waals surface area contributed by atoms with Crippen LogP contribution in [0.25, 0.3) is 0 Å². The van der Waals surface area contributed by atoms with Crippen molar-refractivity contribution >= 4 is 17.6 Å². The van der Waals surface area contributed by atoms with Crippen molar-refractivity contribution in [3.63, 3.8) is 0 Å². The van der Waals surface area contributed by atoms with Crippen molar-refractivity contribution in [1.29, 1.82) is 0 Å². The molecule has 1 aliphatic rings. The standard InChI is InChI=1S/C14H15F3N2O4/c1-2-9(18)12(20)19-10-6-8(23-14(15,16)17)4-3-7(10)5-11(19)13(21)22/h3-4,6,9,11H,2,5,18H2,1H3,(H,21,22)/t9-,11+/m0/s1. The first kappa shape index (κ1) is 17.1. The summed E-state index contributed by atoms with van der Waals surface area (Å²) < 4.78 is 40.8. The molecule has 2 atom stereocenters. The summed E-state index contributed by atoms with van der Waals surface area (Å²) in [7, 11) is 0. The molecular formula is C14H15F3N2O4. The van der Waals surface area contributed by atoms with E-state index in [0.29, 0.717) is 5.56 Å². The first-order valence-corrected chi connectivity index (χ1v) is 6.84. The summed E-state index contributed by atoms with van der Waals surface area (Å²) in [6.07, 6.45) is -4.61. The highest BCUT2D eigenvalue weighted by atomic mass is 19.4. The monoisotopic (exact) mass is 332 g/mol. The molecule has 0 unspecified atom stereocenters. The van der Waals surface area contributed by atoms with Gasteiger partial charge >= 0.3 is 12.3 Å². The summed E-state index contributed by atoms with van der Waals surface area (Å²) >= 11 is 0. The maximum atomic E-state index is 12.3. The molecule has 23 heavy (non-hydrogen) atoms. The molecule has 0 saturated carbocycles. The number of halogens is 3. The summed E-state index contributed by atoms with van der Waals surface area (Å²) in [5, 5.41) is 9.27. The van der Waals surface area contributed by atoms with E-state index >= 15 is 0 Å². The van der Waals surface area contributed by atoms with Gasteiger partial charge < -0.3 is 15.6 Å². The lowest BCUT2D eigenvalue weighted by atomic mass is 10.1. The average molecular weight is 332 g/mol. The van der Waals surface area contributed by atoms with Gasteiger partial charge in [0.25, 0.3) is 0 Å². The third kappa shape index (κ3) is 3.55. The summed E-state index contributed by atoms with van der Waals surface area (Å²) in [5.41, 5.74) is 6.18. The molecule has 6 nitrogen and oxygen atoms in total. The quantitative estimate of drug-likeness (QED) is 0.875. The predicted octanol–water partition coefficient (Wildman–Crippen LogP) is 1.66. The lowest BCUT2D eigenvalue weighted by Gasteiger charge is -2.25. The Bertz CT molecular complexity index is 633. The van der Waals surface area contributed by atoms with Gasteiger partial charge in [0.05, 0.1) is 11.7 Å². The number of carboxylic acids is 1. The molecule has 0 radical (unpaired) electrons. The van der Waals surface area contributed by atoms with Crippen LogP contribution in [0.1, 0.15) is 18.9 Å². The van der Waals surface area contributed by atoms with Crippen LogP contribution in [0.2, 0.25) is 0 Å². The Hall–Kier alpha value is -2.29. The molecule has 0 bridgehead atoms. The van der Waals surface area contributed by atoms with Crippen LogP contribution in [0.15, 0.2) is 18.2 Å². The lowest BCUT2D eigenvalue weighted by Crippen LogP contribution is -2.50. The Morgan fingerprint density at radius 1 is 1.48 bits per heavy atom. The number of carbonyl (C=O) groups excluding carboxylic acids is 1. The molecule has 3 N–H and O–H groups in total. The molecule has 126 valence electrons. The molecule has 1 aliphatic heterocycles. The number of anilines is 1. The summed E-state index contributed by atoms with van der Waals surface area (Å²) in [6.45, 7) is 1.65. The number of nitrogens with two attached hydrogens (primary N) is 1. The molecule has 0 aromatic heterocycles. The highest BCUT2D eigenvalue weighted by Gasteiger charge is 2.40. The van der Waals surface area contributed by atoms with Crippen molar-refractivity contribution in [2.24, 2.45) is 5.73 Å². The zero-order valence-corrected chi connectivity index (χ0v) is 12.1. The Kier molecular flexibility index (Phi) is 4.51. The highest BCUT2D eigenvalue weighted by Crippen LogP contribution is 2.37. The van der Waals surface area contributed by atoms with Gasteiger partial charge in [0.15, 0.2) is 0 Å². The topological polar surface area (TPSA) is 92.9 Å². The number of carbonyl (C=O) groups is 2. The van der Waals surface area contributed by atoms with E-state index in [1.165, 1.54) is 6.07 Å². The van der Waals surface area contributed by atoms with Gasteiger partial charge in [-0.1, -0.05) is 13.0 Å². The van der Waals surface area contributed by atoms with Crippen molar-refractivity contribution < 1.29 is 32.6 Å². The van der Waals surface area contributed by atoms with Crippen molar-refractivity contribution in [3.05, 3.63) is 23.8 Å². The number of amides is 1. The predicted molar refractivity (Wildman–Crippen MR) is 74.0 cm³/mol. The van der Waals surface area contributed by atoms with Crippen LogP contribution in [0.3, 0.4) is 0 Å². The van der Waals surface area contributed by atoms with E-state index in [2.05, 4.69) is 4.74 Å². The van der Waals surface area contributed by atoms with Gasteiger partial charge in [0, 0.05) is 12.5 Å². The minimum absolute atomic E-state index is 0.000854. The number of hydrogen-bond acceptors (Lipinski definition) is 4. The van der Waals surface area contributed by atoms with Gasteiger partial charge in [0.1, 0.15) is 11.8 Å². The van der Waals surface area contributed by atoms with Crippen LogP contribution in [-0.4, -0.2) is 35.4 Å². The van der Waals surface area contributed by atoms with E-state index in [0.717, 1.165) is 17.0 Å². The van der Waals surface area contributed by atoms with E-state index in [1.54, 1.807) is 6.92 Å². The van der Waals surface area contributed by atoms with Gasteiger partial charge in [-0.2, -0.15) is 0 Å². The summed E-state index contributed by atoms with van der Waals surface area (Å²) in [6, 6.07) is 1.27. The van der Waals surface area contributed by atoms with E-state index < -0.39 is 36.1 Å². The van der Waals surface area contributed by atoms with Gasteiger partial charge in [-0.25, -0.2) is 4.79 Å². The second-order valence-corrected chi connectivity index (χ2v) is 5.12. The maximum Gasteiger partial charge on any atom is 0.573 e. The van der Waals surface area contributed by atoms with Crippen LogP contribution in [0, 0.1) is 0 Å². The normalized spacial score (nSPS) is 18.5. The van der Waals surface area contributed by atoms with Gasteiger partial charge in [-0.05, 0) is 18.1 Å². The summed E-state index contributed by atoms with van der Waals surface area (Å²) in [5.74, 6) is -2.43. The smallest absolute Gasteiger partial charge is 0.480 e. The Balaban J connectivity index is 2.42. The van der Waals surface area contributed by atoms with E-state index in [-0.39, 0.29) is 18.5 Å². The van der Waals surface area contributed by atoms with Crippen LogP contribution >= 0.6 is 0 Å². The molecule has 0 fully saturated rings. The zero-order chi connectivity index (χ0) is 17.4. The van der Waals surface area contributed by atoms with Crippen LogP contribution in [0.4, 0.5) is 18.9 Å². The number of carboxylic acid groups (broad SMARTS) is 1. The first-order valence-electron chi connectivity index (χ1n) is 6.84. The number of rotatable bonds is 4. The first-order chi connectivity index (χ1) is 10.6. The van der Waals surface area contributed by atoms with E-state index in [9.17, 15) is 27.9 Å². The largest absolute Gasteiger partial charge is 0.573 e. The van der Waals surface area contributed by atoms with E-state index in [1.807, 2.05) is 0 Å². The summed E-state index contributed by atoms with van der Waals surface area (Å²) in [4.78, 5) is 24.6. The van der Waals surface area contributed by atoms with Crippen LogP contribution < -0.4 is 15.4 Å². The molecule has 0 aliphatic carbocycles. The fraction of sp³-hybridized carbons (Fsp3) is 0.429. The molecule has 1 aromatic rings. The number of alkyl halides is 3. The van der Waals surface area contributed by atoms with E-state index in [4.69, 9.17) is 5.73 Å². The average Bonchev–Trinajstić information content (AvgIpc) is 2.82. The third-order valence-electron chi connectivity index (χ3n) is 3.55. The van der Waals surface area contributed by atoms with Crippen molar-refractivity contribution in [2.75, 3.05) is 4.90 Å². The second kappa shape index (κ2) is 6.07. The molecular weight excluding hydrogens is 317 g/mol. The van der Waals surface area contributed by atoms with Crippen LogP contribution in [-0.2, 0) is 16.0 Å². The Morgan fingerprint density at radius 3 is 2.65 bits per heavy atom. The molecule has 1 heterocycles. The van der Waals surface area contributed by atoms with Gasteiger partial charge in [0.2, 0.25) is 5.91 Å². The van der Waals surface area contributed by atoms with Gasteiger partial charge in [-0.3, -0.25) is 9.69 Å². The molecule has 2 rings (SSSR count). The highest BCUT2D eigenvalue weighted by molar-refractivity contribution is 6.04. The second-order valence-electron chi connectivity index (χ2n) is 5.12. The number of fused-ring (bicyclic) bond motifs is 1. The number of hydrogen-bond donors (Lipinski definition) is 2. The third-order valence-corrected chi connectivity index (χ3v) is 3.55. The Morgan fingerprint density at radius 2 is 2.13 bits per heavy atom. The number of aliphatic carboxylic acids is 1. The van der Waals surface area contributed by atoms with Crippen LogP contribution in [0.5, 0.6) is 5.75 Å². The van der Waals surface area contributed by atoms with Crippen molar-refractivity contribution in [3.8, 4) is 5.75 Å². The molecule has 1 amide bonds. The number of nitrogens with zero attached hydrogens (tertiary/aromatic N) is 1. The minimum atomic E-state index is -4.88.